The smallest absolute Gasteiger partial charge is 0.410 e. The van der Waals surface area contributed by atoms with Gasteiger partial charge in [-0.05, 0) is 40.5 Å². The van der Waals surface area contributed by atoms with Gasteiger partial charge in [-0.2, -0.15) is 0 Å². The number of likely N-dealkylation sites (tertiary alicyclic amines) is 1. The molecule has 0 aromatic carbocycles. The van der Waals surface area contributed by atoms with E-state index in [4.69, 9.17) is 9.47 Å². The molecule has 6 nitrogen and oxygen atoms in total. The van der Waals surface area contributed by atoms with Gasteiger partial charge in [-0.3, -0.25) is 4.79 Å². The molecule has 1 saturated heterocycles. The minimum absolute atomic E-state index is 0.00591. The second kappa shape index (κ2) is 7.64. The van der Waals surface area contributed by atoms with Crippen molar-refractivity contribution in [2.24, 2.45) is 5.92 Å². The number of nitrogens with zero attached hydrogens (tertiary/aromatic N) is 1. The fourth-order valence-electron chi connectivity index (χ4n) is 2.30. The van der Waals surface area contributed by atoms with Crippen molar-refractivity contribution >= 4 is 12.0 Å². The lowest BCUT2D eigenvalue weighted by Gasteiger charge is -2.33. The molecule has 0 spiro atoms. The lowest BCUT2D eigenvalue weighted by molar-refractivity contribution is -0.127. The summed E-state index contributed by atoms with van der Waals surface area (Å²) in [6.45, 7) is 9.09. The van der Waals surface area contributed by atoms with Crippen LogP contribution in [0.15, 0.2) is 0 Å². The van der Waals surface area contributed by atoms with Crippen LogP contribution in [0.3, 0.4) is 0 Å². The number of piperidine rings is 1. The van der Waals surface area contributed by atoms with Crippen LogP contribution in [0.4, 0.5) is 4.79 Å². The average Bonchev–Trinajstić information content (AvgIpc) is 2.37. The molecule has 0 aromatic heterocycles. The summed E-state index contributed by atoms with van der Waals surface area (Å²) in [6, 6.07) is 0.00591. The molecule has 0 bridgehead atoms. The van der Waals surface area contributed by atoms with Gasteiger partial charge in [-0.1, -0.05) is 0 Å². The van der Waals surface area contributed by atoms with Crippen LogP contribution in [-0.2, 0) is 14.3 Å². The number of hydrogen-bond acceptors (Lipinski definition) is 4. The summed E-state index contributed by atoms with van der Waals surface area (Å²) >= 11 is 0. The molecule has 1 N–H and O–H groups in total. The SMILES string of the molecule is COCC(C)NC(=O)C1CCN(C(=O)OC(C)(C)C)CC1. The molecule has 0 radical (unpaired) electrons. The molecular formula is C15H28N2O4. The Labute approximate surface area is 127 Å². The summed E-state index contributed by atoms with van der Waals surface area (Å²) in [5, 5.41) is 2.93. The van der Waals surface area contributed by atoms with Crippen LogP contribution in [0.2, 0.25) is 0 Å². The number of ether oxygens (including phenoxy) is 2. The Morgan fingerprint density at radius 3 is 2.33 bits per heavy atom. The van der Waals surface area contributed by atoms with Gasteiger partial charge in [0.25, 0.3) is 0 Å². The van der Waals surface area contributed by atoms with Crippen molar-refractivity contribution in [3.05, 3.63) is 0 Å². The van der Waals surface area contributed by atoms with E-state index in [0.717, 1.165) is 0 Å². The molecule has 2 amide bonds. The third-order valence-corrected chi connectivity index (χ3v) is 3.32. The van der Waals surface area contributed by atoms with Gasteiger partial charge in [0, 0.05) is 32.2 Å². The molecule has 1 aliphatic rings. The maximum atomic E-state index is 12.1. The van der Waals surface area contributed by atoms with Crippen molar-refractivity contribution in [3.8, 4) is 0 Å². The van der Waals surface area contributed by atoms with E-state index in [1.807, 2.05) is 27.7 Å². The Morgan fingerprint density at radius 1 is 1.29 bits per heavy atom. The lowest BCUT2D eigenvalue weighted by atomic mass is 9.96. The van der Waals surface area contributed by atoms with Gasteiger partial charge in [-0.25, -0.2) is 4.79 Å². The lowest BCUT2D eigenvalue weighted by Crippen LogP contribution is -2.46. The summed E-state index contributed by atoms with van der Waals surface area (Å²) in [7, 11) is 1.61. The minimum Gasteiger partial charge on any atom is -0.444 e. The molecule has 122 valence electrons. The van der Waals surface area contributed by atoms with Crippen molar-refractivity contribution in [3.63, 3.8) is 0 Å². The number of nitrogens with one attached hydrogen (secondary N) is 1. The summed E-state index contributed by atoms with van der Waals surface area (Å²) in [4.78, 5) is 25.7. The van der Waals surface area contributed by atoms with Gasteiger partial charge in [0.15, 0.2) is 0 Å². The van der Waals surface area contributed by atoms with Gasteiger partial charge < -0.3 is 19.7 Å². The number of rotatable bonds is 4. The molecule has 1 unspecified atom stereocenters. The number of carbonyl (C=O) groups is 2. The van der Waals surface area contributed by atoms with Crippen LogP contribution in [0.5, 0.6) is 0 Å². The zero-order valence-corrected chi connectivity index (χ0v) is 13.8. The van der Waals surface area contributed by atoms with E-state index in [2.05, 4.69) is 5.32 Å². The van der Waals surface area contributed by atoms with Crippen molar-refractivity contribution in [2.45, 2.75) is 52.2 Å². The summed E-state index contributed by atoms with van der Waals surface area (Å²) in [6.07, 6.45) is 1.05. The second-order valence-corrected chi connectivity index (χ2v) is 6.61. The maximum absolute atomic E-state index is 12.1. The molecule has 6 heteroatoms. The second-order valence-electron chi connectivity index (χ2n) is 6.61. The van der Waals surface area contributed by atoms with E-state index in [9.17, 15) is 9.59 Å². The summed E-state index contributed by atoms with van der Waals surface area (Å²) < 4.78 is 10.3. The Hall–Kier alpha value is -1.30. The van der Waals surface area contributed by atoms with Crippen LogP contribution in [0.1, 0.15) is 40.5 Å². The molecular weight excluding hydrogens is 272 g/mol. The third kappa shape index (κ3) is 6.33. The number of carbonyl (C=O) groups excluding carboxylic acids is 2. The molecule has 1 atom stereocenters. The zero-order valence-electron chi connectivity index (χ0n) is 13.8. The van der Waals surface area contributed by atoms with Crippen molar-refractivity contribution in [2.75, 3.05) is 26.8 Å². The van der Waals surface area contributed by atoms with Gasteiger partial charge in [0.2, 0.25) is 5.91 Å². The van der Waals surface area contributed by atoms with E-state index in [-0.39, 0.29) is 24.0 Å². The van der Waals surface area contributed by atoms with E-state index >= 15 is 0 Å². The first-order valence-electron chi connectivity index (χ1n) is 7.50. The van der Waals surface area contributed by atoms with Gasteiger partial charge in [0.1, 0.15) is 5.60 Å². The van der Waals surface area contributed by atoms with Crippen molar-refractivity contribution in [1.82, 2.24) is 10.2 Å². The Bertz CT molecular complexity index is 357. The molecule has 1 heterocycles. The summed E-state index contributed by atoms with van der Waals surface area (Å²) in [5.41, 5.74) is -0.485. The van der Waals surface area contributed by atoms with E-state index in [1.165, 1.54) is 0 Å². The monoisotopic (exact) mass is 300 g/mol. The molecule has 1 aliphatic heterocycles. The van der Waals surface area contributed by atoms with Crippen LogP contribution in [0.25, 0.3) is 0 Å². The fraction of sp³-hybridized carbons (Fsp3) is 0.867. The molecule has 0 saturated carbocycles. The average molecular weight is 300 g/mol. The first-order valence-corrected chi connectivity index (χ1v) is 7.50. The van der Waals surface area contributed by atoms with Crippen molar-refractivity contribution in [1.29, 1.82) is 0 Å². The molecule has 0 aromatic rings. The van der Waals surface area contributed by atoms with E-state index in [0.29, 0.717) is 32.5 Å². The predicted molar refractivity (Wildman–Crippen MR) is 80.0 cm³/mol. The van der Waals surface area contributed by atoms with Crippen LogP contribution < -0.4 is 5.32 Å². The van der Waals surface area contributed by atoms with Gasteiger partial charge >= 0.3 is 6.09 Å². The standard InChI is InChI=1S/C15H28N2O4/c1-11(10-20-5)16-13(18)12-6-8-17(9-7-12)14(19)21-15(2,3)4/h11-12H,6-10H2,1-5H3,(H,16,18). The highest BCUT2D eigenvalue weighted by molar-refractivity contribution is 5.79. The highest BCUT2D eigenvalue weighted by atomic mass is 16.6. The number of methoxy groups -OCH3 is 1. The van der Waals surface area contributed by atoms with Crippen molar-refractivity contribution < 1.29 is 19.1 Å². The zero-order chi connectivity index (χ0) is 16.0. The van der Waals surface area contributed by atoms with Gasteiger partial charge in [-0.15, -0.1) is 0 Å². The highest BCUT2D eigenvalue weighted by Gasteiger charge is 2.30. The van der Waals surface area contributed by atoms with Crippen LogP contribution in [0, 0.1) is 5.92 Å². The third-order valence-electron chi connectivity index (χ3n) is 3.32. The van der Waals surface area contributed by atoms with Crippen LogP contribution in [-0.4, -0.2) is 55.3 Å². The molecule has 0 aliphatic carbocycles. The van der Waals surface area contributed by atoms with E-state index < -0.39 is 5.60 Å². The normalized spacial score (nSPS) is 18.2. The first-order chi connectivity index (χ1) is 9.73. The predicted octanol–water partition coefficient (Wildman–Crippen LogP) is 1.78. The maximum Gasteiger partial charge on any atom is 0.410 e. The Balaban J connectivity index is 2.38. The molecule has 21 heavy (non-hydrogen) atoms. The largest absolute Gasteiger partial charge is 0.444 e. The van der Waals surface area contributed by atoms with Gasteiger partial charge in [0.05, 0.1) is 6.61 Å². The van der Waals surface area contributed by atoms with E-state index in [1.54, 1.807) is 12.0 Å². The number of amides is 2. The fourth-order valence-corrected chi connectivity index (χ4v) is 2.30. The topological polar surface area (TPSA) is 67.9 Å². The number of hydrogen-bond donors (Lipinski definition) is 1. The molecule has 1 rings (SSSR count). The Morgan fingerprint density at radius 2 is 1.86 bits per heavy atom. The Kier molecular flexibility index (Phi) is 6.45. The first kappa shape index (κ1) is 17.8. The minimum atomic E-state index is -0.485. The highest BCUT2D eigenvalue weighted by Crippen LogP contribution is 2.20. The van der Waals surface area contributed by atoms with Crippen LogP contribution >= 0.6 is 0 Å². The molecule has 1 fully saturated rings. The quantitative estimate of drug-likeness (QED) is 0.859. The summed E-state index contributed by atoms with van der Waals surface area (Å²) in [5.74, 6) is 0.00591.